The fourth-order valence-electron chi connectivity index (χ4n) is 2.15. The Morgan fingerprint density at radius 3 is 2.45 bits per heavy atom. The van der Waals surface area contributed by atoms with Crippen LogP contribution in [-0.4, -0.2) is 7.05 Å². The lowest BCUT2D eigenvalue weighted by molar-refractivity contribution is 0.779. The predicted molar refractivity (Wildman–Crippen MR) is 102 cm³/mol. The van der Waals surface area contributed by atoms with Crippen molar-refractivity contribution in [1.29, 1.82) is 0 Å². The molecule has 0 aromatic carbocycles. The molecular weight excluding hydrogens is 266 g/mol. The third kappa shape index (κ3) is 11.2. The highest BCUT2D eigenvalue weighted by molar-refractivity contribution is 5.24. The second-order valence-corrected chi connectivity index (χ2v) is 6.18. The van der Waals surface area contributed by atoms with Gasteiger partial charge in [-0.2, -0.15) is 0 Å². The van der Waals surface area contributed by atoms with Crippen LogP contribution in [0.4, 0.5) is 0 Å². The van der Waals surface area contributed by atoms with Gasteiger partial charge in [0.05, 0.1) is 0 Å². The highest BCUT2D eigenvalue weighted by Crippen LogP contribution is 2.17. The third-order valence-corrected chi connectivity index (χ3v) is 3.38. The first-order valence-electron chi connectivity index (χ1n) is 8.53. The van der Waals surface area contributed by atoms with E-state index in [0.717, 1.165) is 6.42 Å². The van der Waals surface area contributed by atoms with E-state index < -0.39 is 0 Å². The molecule has 0 aromatic heterocycles. The lowest BCUT2D eigenvalue weighted by Crippen LogP contribution is -1.99. The van der Waals surface area contributed by atoms with E-state index in [4.69, 9.17) is 0 Å². The third-order valence-electron chi connectivity index (χ3n) is 3.38. The minimum Gasteiger partial charge on any atom is -0.394 e. The Bertz CT molecular complexity index is 427. The molecule has 1 nitrogen and oxygen atoms in total. The number of nitrogens with one attached hydrogen (secondary N) is 1. The molecule has 22 heavy (non-hydrogen) atoms. The number of allylic oxidation sites excluding steroid dienone is 9. The van der Waals surface area contributed by atoms with Crippen molar-refractivity contribution in [2.75, 3.05) is 7.05 Å². The molecule has 1 aliphatic carbocycles. The maximum absolute atomic E-state index is 3.10. The van der Waals surface area contributed by atoms with Gasteiger partial charge in [0, 0.05) is 7.05 Å². The molecule has 0 aliphatic heterocycles. The highest BCUT2D eigenvalue weighted by Gasteiger charge is 1.99. The van der Waals surface area contributed by atoms with E-state index in [1.165, 1.54) is 36.0 Å². The summed E-state index contributed by atoms with van der Waals surface area (Å²) in [4.78, 5) is 0. The van der Waals surface area contributed by atoms with E-state index in [2.05, 4.69) is 82.6 Å². The normalized spacial score (nSPS) is 14.5. The second-order valence-electron chi connectivity index (χ2n) is 6.18. The lowest BCUT2D eigenvalue weighted by atomic mass is 9.99. The fourth-order valence-corrected chi connectivity index (χ4v) is 2.15. The van der Waals surface area contributed by atoms with Crippen LogP contribution in [0.2, 0.25) is 0 Å². The molecule has 0 radical (unpaired) electrons. The van der Waals surface area contributed by atoms with Crippen LogP contribution < -0.4 is 5.32 Å². The van der Waals surface area contributed by atoms with Crippen LogP contribution in [0.3, 0.4) is 0 Å². The number of hydrogen-bond acceptors (Lipinski definition) is 1. The topological polar surface area (TPSA) is 12.0 Å². The van der Waals surface area contributed by atoms with Gasteiger partial charge in [0.1, 0.15) is 0 Å². The van der Waals surface area contributed by atoms with Gasteiger partial charge in [-0.1, -0.05) is 68.4 Å². The van der Waals surface area contributed by atoms with Crippen LogP contribution in [0.15, 0.2) is 59.4 Å². The zero-order valence-corrected chi connectivity index (χ0v) is 15.4. The van der Waals surface area contributed by atoms with Crippen molar-refractivity contribution in [2.24, 2.45) is 5.92 Å². The van der Waals surface area contributed by atoms with Crippen molar-refractivity contribution < 1.29 is 0 Å². The molecule has 0 aromatic rings. The summed E-state index contributed by atoms with van der Waals surface area (Å²) in [7, 11) is 1.95. The summed E-state index contributed by atoms with van der Waals surface area (Å²) in [6.45, 7) is 10.8. The van der Waals surface area contributed by atoms with Gasteiger partial charge in [-0.3, -0.25) is 0 Å². The monoisotopic (exact) mass is 301 g/mol. The molecule has 0 bridgehead atoms. The van der Waals surface area contributed by atoms with Gasteiger partial charge in [0.2, 0.25) is 0 Å². The molecular formula is C21H35N. The Hall–Kier alpha value is -1.50. The molecule has 1 N–H and O–H groups in total. The Balaban J connectivity index is 0.000000626. The summed E-state index contributed by atoms with van der Waals surface area (Å²) in [5.74, 6) is 0.573. The number of hydrogen-bond donors (Lipinski definition) is 1. The van der Waals surface area contributed by atoms with Crippen LogP contribution in [0.5, 0.6) is 0 Å². The van der Waals surface area contributed by atoms with Crippen LogP contribution >= 0.6 is 0 Å². The van der Waals surface area contributed by atoms with Crippen molar-refractivity contribution >= 4 is 0 Å². The molecule has 0 spiro atoms. The quantitative estimate of drug-likeness (QED) is 0.446. The van der Waals surface area contributed by atoms with E-state index in [1.54, 1.807) is 0 Å². The Morgan fingerprint density at radius 2 is 2.05 bits per heavy atom. The molecule has 1 aliphatic rings. The first kappa shape index (κ1) is 20.5. The number of rotatable bonds is 6. The van der Waals surface area contributed by atoms with Gasteiger partial charge in [0.15, 0.2) is 0 Å². The molecule has 0 saturated carbocycles. The molecule has 1 rings (SSSR count). The molecule has 0 fully saturated rings. The second kappa shape index (κ2) is 13.2. The van der Waals surface area contributed by atoms with Gasteiger partial charge in [-0.25, -0.2) is 0 Å². The van der Waals surface area contributed by atoms with Gasteiger partial charge >= 0.3 is 0 Å². The average Bonchev–Trinajstić information content (AvgIpc) is 2.48. The van der Waals surface area contributed by atoms with E-state index in [0.29, 0.717) is 5.92 Å². The largest absolute Gasteiger partial charge is 0.394 e. The van der Waals surface area contributed by atoms with Crippen molar-refractivity contribution in [3.05, 3.63) is 59.4 Å². The summed E-state index contributed by atoms with van der Waals surface area (Å²) in [6, 6.07) is 0. The molecule has 0 saturated heterocycles. The van der Waals surface area contributed by atoms with Crippen LogP contribution in [-0.2, 0) is 0 Å². The van der Waals surface area contributed by atoms with E-state index in [1.807, 2.05) is 7.05 Å². The van der Waals surface area contributed by atoms with Crippen LogP contribution in [0.25, 0.3) is 0 Å². The van der Waals surface area contributed by atoms with Crippen LogP contribution in [0.1, 0.15) is 60.3 Å². The predicted octanol–water partition coefficient (Wildman–Crippen LogP) is 6.33. The SMILES string of the molecule is CCC=C(C)C.CN/C=C(\C=C/CC1=CC=CCC1)C(C)C. The summed E-state index contributed by atoms with van der Waals surface area (Å²) in [5, 5.41) is 3.10. The summed E-state index contributed by atoms with van der Waals surface area (Å²) < 4.78 is 0. The smallest absolute Gasteiger partial charge is 0.00278 e. The molecule has 124 valence electrons. The highest BCUT2D eigenvalue weighted by atomic mass is 14.8. The standard InChI is InChI=1S/C15H23N.C6H12/c1-13(2)15(12-16-3)11-7-10-14-8-5-4-6-9-14;1-4-5-6(2)3/h4-5,7-8,11-13,16H,6,9-10H2,1-3H3;5H,4H2,1-3H3/b11-7-,15-12+;. The maximum atomic E-state index is 3.10. The average molecular weight is 302 g/mol. The minimum absolute atomic E-state index is 0.573. The lowest BCUT2D eigenvalue weighted by Gasteiger charge is -2.08. The molecule has 0 atom stereocenters. The zero-order valence-electron chi connectivity index (χ0n) is 15.4. The van der Waals surface area contributed by atoms with Gasteiger partial charge in [-0.15, -0.1) is 0 Å². The van der Waals surface area contributed by atoms with E-state index in [9.17, 15) is 0 Å². The Kier molecular flexibility index (Phi) is 12.3. The Labute approximate surface area is 138 Å². The molecule has 0 heterocycles. The first-order valence-corrected chi connectivity index (χ1v) is 8.53. The zero-order chi connectivity index (χ0) is 16.8. The van der Waals surface area contributed by atoms with Crippen molar-refractivity contribution in [1.82, 2.24) is 5.32 Å². The van der Waals surface area contributed by atoms with Crippen LogP contribution in [0, 0.1) is 5.92 Å². The summed E-state index contributed by atoms with van der Waals surface area (Å²) >= 11 is 0. The Morgan fingerprint density at radius 1 is 1.32 bits per heavy atom. The fraction of sp³-hybridized carbons (Fsp3) is 0.524. The molecule has 0 unspecified atom stereocenters. The van der Waals surface area contributed by atoms with Gasteiger partial charge in [0.25, 0.3) is 0 Å². The van der Waals surface area contributed by atoms with Crippen molar-refractivity contribution in [3.63, 3.8) is 0 Å². The van der Waals surface area contributed by atoms with Crippen molar-refractivity contribution in [3.8, 4) is 0 Å². The van der Waals surface area contributed by atoms with E-state index in [-0.39, 0.29) is 0 Å². The first-order chi connectivity index (χ1) is 10.5. The van der Waals surface area contributed by atoms with Gasteiger partial charge in [-0.05, 0) is 57.2 Å². The maximum Gasteiger partial charge on any atom is 0.00278 e. The van der Waals surface area contributed by atoms with Crippen molar-refractivity contribution in [2.45, 2.75) is 60.3 Å². The summed E-state index contributed by atoms with van der Waals surface area (Å²) in [6.07, 6.45) is 20.1. The van der Waals surface area contributed by atoms with E-state index >= 15 is 0 Å². The molecule has 0 amide bonds. The summed E-state index contributed by atoms with van der Waals surface area (Å²) in [5.41, 5.74) is 4.30. The molecule has 1 heteroatoms. The van der Waals surface area contributed by atoms with Gasteiger partial charge < -0.3 is 5.32 Å². The minimum atomic E-state index is 0.573.